The van der Waals surface area contributed by atoms with E-state index in [0.29, 0.717) is 12.3 Å². The summed E-state index contributed by atoms with van der Waals surface area (Å²) in [5.74, 6) is -1.47. The normalized spacial score (nSPS) is 10.9. The lowest BCUT2D eigenvalue weighted by Gasteiger charge is -2.11. The lowest BCUT2D eigenvalue weighted by atomic mass is 9.94. The van der Waals surface area contributed by atoms with Crippen LogP contribution in [-0.2, 0) is 11.2 Å². The third kappa shape index (κ3) is 3.91. The minimum atomic E-state index is -0.898. The molecule has 0 aromatic heterocycles. The number of hydrogen-bond donors (Lipinski definition) is 0. The van der Waals surface area contributed by atoms with Gasteiger partial charge < -0.3 is 0 Å². The van der Waals surface area contributed by atoms with Crippen LogP contribution in [0, 0.1) is 17.6 Å². The molecular weight excluding hydrogens is 222 g/mol. The van der Waals surface area contributed by atoms with E-state index in [4.69, 9.17) is 0 Å². The molecule has 0 aliphatic heterocycles. The highest BCUT2D eigenvalue weighted by Gasteiger charge is 2.14. The quantitative estimate of drug-likeness (QED) is 0.737. The zero-order valence-electron chi connectivity index (χ0n) is 10.3. The molecule has 0 N–H and O–H groups in total. The third-order valence-electron chi connectivity index (χ3n) is 3.09. The van der Waals surface area contributed by atoms with E-state index in [0.717, 1.165) is 18.9 Å². The molecule has 0 heterocycles. The SMILES string of the molecule is CCC(CC)CC(=O)Cc1cccc(F)c1F. The van der Waals surface area contributed by atoms with E-state index >= 15 is 0 Å². The van der Waals surface area contributed by atoms with E-state index in [-0.39, 0.29) is 17.8 Å². The van der Waals surface area contributed by atoms with Gasteiger partial charge in [0.25, 0.3) is 0 Å². The van der Waals surface area contributed by atoms with Crippen LogP contribution in [-0.4, -0.2) is 5.78 Å². The minimum Gasteiger partial charge on any atom is -0.299 e. The molecule has 0 bridgehead atoms. The van der Waals surface area contributed by atoms with Gasteiger partial charge in [-0.3, -0.25) is 4.79 Å². The van der Waals surface area contributed by atoms with Gasteiger partial charge in [-0.05, 0) is 17.5 Å². The van der Waals surface area contributed by atoms with Crippen LogP contribution >= 0.6 is 0 Å². The third-order valence-corrected chi connectivity index (χ3v) is 3.09. The van der Waals surface area contributed by atoms with Crippen molar-refractivity contribution in [3.63, 3.8) is 0 Å². The van der Waals surface area contributed by atoms with Crippen LogP contribution in [0.2, 0.25) is 0 Å². The van der Waals surface area contributed by atoms with E-state index in [9.17, 15) is 13.6 Å². The Balaban J connectivity index is 2.65. The maximum atomic E-state index is 13.3. The number of rotatable bonds is 6. The molecule has 94 valence electrons. The number of benzene rings is 1. The van der Waals surface area contributed by atoms with Gasteiger partial charge in [-0.1, -0.05) is 38.8 Å². The molecule has 0 fully saturated rings. The van der Waals surface area contributed by atoms with E-state index < -0.39 is 11.6 Å². The Morgan fingerprint density at radius 3 is 2.47 bits per heavy atom. The first-order valence-electron chi connectivity index (χ1n) is 6.03. The van der Waals surface area contributed by atoms with Crippen molar-refractivity contribution in [2.75, 3.05) is 0 Å². The second-order valence-corrected chi connectivity index (χ2v) is 4.32. The smallest absolute Gasteiger partial charge is 0.162 e. The van der Waals surface area contributed by atoms with Crippen molar-refractivity contribution in [3.05, 3.63) is 35.4 Å². The average molecular weight is 240 g/mol. The maximum absolute atomic E-state index is 13.3. The zero-order chi connectivity index (χ0) is 12.8. The molecule has 0 spiro atoms. The fourth-order valence-corrected chi connectivity index (χ4v) is 1.87. The predicted octanol–water partition coefficient (Wildman–Crippen LogP) is 3.90. The second-order valence-electron chi connectivity index (χ2n) is 4.32. The summed E-state index contributed by atoms with van der Waals surface area (Å²) >= 11 is 0. The van der Waals surface area contributed by atoms with Gasteiger partial charge in [-0.25, -0.2) is 8.78 Å². The van der Waals surface area contributed by atoms with Crippen molar-refractivity contribution < 1.29 is 13.6 Å². The van der Waals surface area contributed by atoms with Crippen molar-refractivity contribution in [3.8, 4) is 0 Å². The van der Waals surface area contributed by atoms with Crippen LogP contribution in [0.5, 0.6) is 0 Å². The molecule has 17 heavy (non-hydrogen) atoms. The summed E-state index contributed by atoms with van der Waals surface area (Å²) in [7, 11) is 0. The largest absolute Gasteiger partial charge is 0.299 e. The van der Waals surface area contributed by atoms with E-state index in [1.165, 1.54) is 12.1 Å². The summed E-state index contributed by atoms with van der Waals surface area (Å²) < 4.78 is 26.3. The zero-order valence-corrected chi connectivity index (χ0v) is 10.3. The van der Waals surface area contributed by atoms with Gasteiger partial charge in [0.2, 0.25) is 0 Å². The molecule has 0 atom stereocenters. The van der Waals surface area contributed by atoms with Gasteiger partial charge in [-0.15, -0.1) is 0 Å². The fourth-order valence-electron chi connectivity index (χ4n) is 1.87. The van der Waals surface area contributed by atoms with Gasteiger partial charge in [0.1, 0.15) is 5.78 Å². The van der Waals surface area contributed by atoms with Crippen molar-refractivity contribution >= 4 is 5.78 Å². The summed E-state index contributed by atoms with van der Waals surface area (Å²) in [6, 6.07) is 3.95. The number of carbonyl (C=O) groups is 1. The van der Waals surface area contributed by atoms with Crippen molar-refractivity contribution in [1.82, 2.24) is 0 Å². The van der Waals surface area contributed by atoms with Crippen LogP contribution < -0.4 is 0 Å². The van der Waals surface area contributed by atoms with Crippen LogP contribution in [0.4, 0.5) is 8.78 Å². The summed E-state index contributed by atoms with van der Waals surface area (Å²) in [6.45, 7) is 4.06. The van der Waals surface area contributed by atoms with Gasteiger partial charge in [0.05, 0.1) is 0 Å². The number of halogens is 2. The molecule has 1 rings (SSSR count). The molecule has 0 aliphatic rings. The first kappa shape index (κ1) is 13.8. The van der Waals surface area contributed by atoms with E-state index in [1.54, 1.807) is 0 Å². The molecular formula is C14H18F2O. The predicted molar refractivity (Wildman–Crippen MR) is 63.8 cm³/mol. The van der Waals surface area contributed by atoms with Crippen LogP contribution in [0.1, 0.15) is 38.7 Å². The Hall–Kier alpha value is -1.25. The van der Waals surface area contributed by atoms with Crippen LogP contribution in [0.25, 0.3) is 0 Å². The van der Waals surface area contributed by atoms with Crippen molar-refractivity contribution in [2.24, 2.45) is 5.92 Å². The summed E-state index contributed by atoms with van der Waals surface area (Å²) in [6.07, 6.45) is 2.31. The number of ketones is 1. The number of carbonyl (C=O) groups excluding carboxylic acids is 1. The maximum Gasteiger partial charge on any atom is 0.162 e. The molecule has 0 radical (unpaired) electrons. The van der Waals surface area contributed by atoms with E-state index in [1.807, 2.05) is 13.8 Å². The van der Waals surface area contributed by atoms with Gasteiger partial charge >= 0.3 is 0 Å². The summed E-state index contributed by atoms with van der Waals surface area (Å²) in [5, 5.41) is 0. The Labute approximate surface area is 101 Å². The second kappa shape index (κ2) is 6.48. The summed E-state index contributed by atoms with van der Waals surface area (Å²) in [4.78, 5) is 11.7. The Morgan fingerprint density at radius 1 is 1.24 bits per heavy atom. The fraction of sp³-hybridized carbons (Fsp3) is 0.500. The highest BCUT2D eigenvalue weighted by molar-refractivity contribution is 5.81. The average Bonchev–Trinajstić information content (AvgIpc) is 2.32. The van der Waals surface area contributed by atoms with Crippen LogP contribution in [0.3, 0.4) is 0 Å². The molecule has 0 unspecified atom stereocenters. The Bertz CT molecular complexity index is 384. The first-order chi connectivity index (χ1) is 8.08. The number of Topliss-reactive ketones (excluding diaryl/α,β-unsaturated/α-hetero) is 1. The topological polar surface area (TPSA) is 17.1 Å². The lowest BCUT2D eigenvalue weighted by Crippen LogP contribution is -2.11. The summed E-state index contributed by atoms with van der Waals surface area (Å²) in [5.41, 5.74) is 0.154. The number of hydrogen-bond acceptors (Lipinski definition) is 1. The Morgan fingerprint density at radius 2 is 1.88 bits per heavy atom. The minimum absolute atomic E-state index is 0.0138. The first-order valence-corrected chi connectivity index (χ1v) is 6.03. The van der Waals surface area contributed by atoms with Gasteiger partial charge in [0.15, 0.2) is 11.6 Å². The standard InChI is InChI=1S/C14H18F2O/c1-3-10(4-2)8-12(17)9-11-6-5-7-13(15)14(11)16/h5-7,10H,3-4,8-9H2,1-2H3. The molecule has 1 nitrogen and oxygen atoms in total. The van der Waals surface area contributed by atoms with Crippen molar-refractivity contribution in [1.29, 1.82) is 0 Å². The molecule has 1 aromatic rings. The molecule has 0 amide bonds. The Kier molecular flexibility index (Phi) is 5.26. The van der Waals surface area contributed by atoms with Crippen molar-refractivity contribution in [2.45, 2.75) is 39.5 Å². The molecule has 3 heteroatoms. The molecule has 1 aromatic carbocycles. The monoisotopic (exact) mass is 240 g/mol. The molecule has 0 saturated heterocycles. The van der Waals surface area contributed by atoms with Gasteiger partial charge in [-0.2, -0.15) is 0 Å². The molecule has 0 saturated carbocycles. The lowest BCUT2D eigenvalue weighted by molar-refractivity contribution is -0.119. The highest BCUT2D eigenvalue weighted by atomic mass is 19.2. The van der Waals surface area contributed by atoms with Gasteiger partial charge in [0, 0.05) is 12.8 Å². The van der Waals surface area contributed by atoms with E-state index in [2.05, 4.69) is 0 Å². The van der Waals surface area contributed by atoms with Crippen LogP contribution in [0.15, 0.2) is 18.2 Å². The highest BCUT2D eigenvalue weighted by Crippen LogP contribution is 2.17. The molecule has 0 aliphatic carbocycles.